The van der Waals surface area contributed by atoms with Crippen molar-refractivity contribution in [3.05, 3.63) is 52.2 Å². The molecule has 3 aromatic heterocycles. The van der Waals surface area contributed by atoms with Crippen LogP contribution in [0.25, 0.3) is 16.9 Å². The van der Waals surface area contributed by atoms with Crippen molar-refractivity contribution in [3.63, 3.8) is 0 Å². The molecule has 0 radical (unpaired) electrons. The Labute approximate surface area is 253 Å². The maximum absolute atomic E-state index is 12.6. The van der Waals surface area contributed by atoms with Crippen LogP contribution in [0, 0.1) is 30.6 Å². The van der Waals surface area contributed by atoms with E-state index in [0.717, 1.165) is 83.8 Å². The van der Waals surface area contributed by atoms with E-state index in [4.69, 9.17) is 15.1 Å². The molecule has 4 fully saturated rings. The first kappa shape index (κ1) is 26.4. The smallest absolute Gasteiger partial charge is 0.320 e. The topological polar surface area (TPSA) is 117 Å². The number of urea groups is 1. The van der Waals surface area contributed by atoms with E-state index in [1.807, 2.05) is 47.7 Å². The van der Waals surface area contributed by atoms with Crippen molar-refractivity contribution < 1.29 is 9.90 Å². The van der Waals surface area contributed by atoms with E-state index in [0.29, 0.717) is 29.6 Å². The van der Waals surface area contributed by atoms with Gasteiger partial charge >= 0.3 is 6.03 Å². The normalized spacial score (nSPS) is 19.3. The largest absolute Gasteiger partial charge is 0.389 e. The molecule has 4 aromatic rings. The quantitative estimate of drug-likeness (QED) is 0.369. The molecule has 3 aliphatic heterocycles. The zero-order valence-corrected chi connectivity index (χ0v) is 25.3. The first-order valence-electron chi connectivity index (χ1n) is 14.8. The van der Waals surface area contributed by atoms with Crippen molar-refractivity contribution in [1.29, 1.82) is 5.26 Å². The molecule has 4 aliphatic rings. The molecule has 1 N–H and O–H groups in total. The predicted molar refractivity (Wildman–Crippen MR) is 164 cm³/mol. The number of likely N-dealkylation sites (tertiary alicyclic amines) is 2. The number of hydrogen-bond acceptors (Lipinski definition) is 9. The number of anilines is 3. The summed E-state index contributed by atoms with van der Waals surface area (Å²) in [7, 11) is 2.00. The third-order valence-corrected chi connectivity index (χ3v) is 10.3. The first-order chi connectivity index (χ1) is 20.7. The molecule has 1 aliphatic carbocycles. The van der Waals surface area contributed by atoms with Crippen LogP contribution >= 0.6 is 11.3 Å². The Bertz CT molecular complexity index is 1800. The third kappa shape index (κ3) is 4.24. The Morgan fingerprint density at radius 1 is 1.09 bits per heavy atom. The van der Waals surface area contributed by atoms with Gasteiger partial charge in [0, 0.05) is 61.9 Å². The average Bonchev–Trinajstić information content (AvgIpc) is 3.56. The van der Waals surface area contributed by atoms with Crippen molar-refractivity contribution in [3.8, 4) is 17.3 Å². The maximum atomic E-state index is 12.6. The number of nitrogens with zero attached hydrogens (tertiary/aromatic N) is 9. The fourth-order valence-corrected chi connectivity index (χ4v) is 7.49. The molecular weight excluding hydrogens is 562 g/mol. The second-order valence-electron chi connectivity index (χ2n) is 12.8. The van der Waals surface area contributed by atoms with Gasteiger partial charge in [-0.25, -0.2) is 19.3 Å². The lowest BCUT2D eigenvalue weighted by Crippen LogP contribution is -2.75. The summed E-state index contributed by atoms with van der Waals surface area (Å²) in [6, 6.07) is 12.6. The van der Waals surface area contributed by atoms with E-state index in [9.17, 15) is 15.2 Å². The Hall–Kier alpha value is -4.21. The lowest BCUT2D eigenvalue weighted by Gasteiger charge is -2.61. The number of carbonyl (C=O) groups is 1. The number of aliphatic hydroxyl groups is 1. The summed E-state index contributed by atoms with van der Waals surface area (Å²) >= 11 is 1.39. The molecule has 3 saturated heterocycles. The molecule has 0 bridgehead atoms. The fourth-order valence-electron chi connectivity index (χ4n) is 6.63. The molecule has 43 heavy (non-hydrogen) atoms. The van der Waals surface area contributed by atoms with E-state index in [2.05, 4.69) is 28.9 Å². The highest BCUT2D eigenvalue weighted by atomic mass is 32.1. The summed E-state index contributed by atoms with van der Waals surface area (Å²) in [4.78, 5) is 31.3. The number of rotatable bonds is 5. The van der Waals surface area contributed by atoms with Crippen molar-refractivity contribution in [2.75, 3.05) is 56.1 Å². The number of thiazole rings is 1. The number of aliphatic hydroxyl groups excluding tert-OH is 1. The number of fused-ring (bicyclic) bond motifs is 1. The summed E-state index contributed by atoms with van der Waals surface area (Å²) < 4.78 is 1.95. The second-order valence-corrected chi connectivity index (χ2v) is 13.7. The van der Waals surface area contributed by atoms with Crippen LogP contribution < -0.4 is 9.80 Å². The van der Waals surface area contributed by atoms with Crippen molar-refractivity contribution in [2.24, 2.45) is 5.41 Å². The van der Waals surface area contributed by atoms with Crippen LogP contribution in [-0.4, -0.2) is 92.9 Å². The standard InChI is InChI=1S/C31H33N9O2S/c1-18-4-6-20(7-5-18)25-23(11-32)43-29(34-25)36(3)27-26(21-8-9-21)35-40-19(2)10-24(33-28(27)40)38-14-31(15-38)16-39(17-31)30(42)37-12-22(41)13-37/h4-7,10,21-22,41H,8-9,12-17H2,1-3H3. The van der Waals surface area contributed by atoms with Gasteiger partial charge in [-0.2, -0.15) is 10.4 Å². The number of β-amino-alcohol motifs (C(OH)–C–C–N with tert-alkyl or cyclic N) is 1. The predicted octanol–water partition coefficient (Wildman–Crippen LogP) is 3.91. The molecule has 12 heteroatoms. The molecule has 11 nitrogen and oxygen atoms in total. The number of benzene rings is 1. The van der Waals surface area contributed by atoms with E-state index in [1.54, 1.807) is 4.90 Å². The minimum atomic E-state index is -0.380. The van der Waals surface area contributed by atoms with Gasteiger partial charge in [-0.05, 0) is 26.7 Å². The van der Waals surface area contributed by atoms with Crippen LogP contribution in [0.1, 0.15) is 40.6 Å². The number of aryl methyl sites for hydroxylation is 2. The number of amides is 2. The van der Waals surface area contributed by atoms with Gasteiger partial charge < -0.3 is 24.7 Å². The molecule has 6 heterocycles. The summed E-state index contributed by atoms with van der Waals surface area (Å²) in [6.07, 6.45) is 1.83. The Kier molecular flexibility index (Phi) is 5.77. The van der Waals surface area contributed by atoms with Gasteiger partial charge in [0.1, 0.15) is 28.1 Å². The fraction of sp³-hybridized carbons (Fsp3) is 0.452. The van der Waals surface area contributed by atoms with Gasteiger partial charge in [0.2, 0.25) is 0 Å². The average molecular weight is 596 g/mol. The molecule has 8 rings (SSSR count). The van der Waals surface area contributed by atoms with Gasteiger partial charge in [-0.1, -0.05) is 41.2 Å². The van der Waals surface area contributed by atoms with Crippen LogP contribution in [0.2, 0.25) is 0 Å². The molecule has 0 unspecified atom stereocenters. The van der Waals surface area contributed by atoms with Gasteiger partial charge in [-0.3, -0.25) is 0 Å². The maximum Gasteiger partial charge on any atom is 0.320 e. The van der Waals surface area contributed by atoms with Crippen LogP contribution in [-0.2, 0) is 0 Å². The monoisotopic (exact) mass is 595 g/mol. The second kappa shape index (κ2) is 9.39. The summed E-state index contributed by atoms with van der Waals surface area (Å²) in [5.41, 5.74) is 6.71. The Morgan fingerprint density at radius 2 is 1.81 bits per heavy atom. The van der Waals surface area contributed by atoms with E-state index in [1.165, 1.54) is 11.3 Å². The lowest BCUT2D eigenvalue weighted by molar-refractivity contribution is -0.0330. The van der Waals surface area contributed by atoms with Crippen molar-refractivity contribution in [1.82, 2.24) is 29.4 Å². The number of aromatic nitrogens is 4. The number of hydrogen-bond donors (Lipinski definition) is 1. The molecule has 1 saturated carbocycles. The molecule has 2 amide bonds. The van der Waals surface area contributed by atoms with Crippen molar-refractivity contribution in [2.45, 2.75) is 38.7 Å². The molecular formula is C31H33N9O2S. The molecule has 220 valence electrons. The number of carbonyl (C=O) groups excluding carboxylic acids is 1. The van der Waals surface area contributed by atoms with Gasteiger partial charge in [0.05, 0.1) is 24.9 Å². The highest BCUT2D eigenvalue weighted by molar-refractivity contribution is 7.16. The third-order valence-electron chi connectivity index (χ3n) is 9.22. The Balaban J connectivity index is 1.08. The van der Waals surface area contributed by atoms with Crippen LogP contribution in [0.3, 0.4) is 0 Å². The zero-order valence-electron chi connectivity index (χ0n) is 24.5. The van der Waals surface area contributed by atoms with Crippen molar-refractivity contribution >= 4 is 39.7 Å². The zero-order chi connectivity index (χ0) is 29.6. The van der Waals surface area contributed by atoms with Crippen LogP contribution in [0.15, 0.2) is 30.3 Å². The van der Waals surface area contributed by atoms with Gasteiger partial charge in [0.15, 0.2) is 10.8 Å². The Morgan fingerprint density at radius 3 is 2.47 bits per heavy atom. The lowest BCUT2D eigenvalue weighted by atomic mass is 9.73. The first-order valence-corrected chi connectivity index (χ1v) is 15.6. The summed E-state index contributed by atoms with van der Waals surface area (Å²) in [5, 5.41) is 25.3. The van der Waals surface area contributed by atoms with Gasteiger partial charge in [0.25, 0.3) is 0 Å². The molecule has 1 aromatic carbocycles. The van der Waals surface area contributed by atoms with Crippen LogP contribution in [0.4, 0.5) is 21.4 Å². The van der Waals surface area contributed by atoms with E-state index < -0.39 is 0 Å². The minimum Gasteiger partial charge on any atom is -0.389 e. The van der Waals surface area contributed by atoms with Gasteiger partial charge in [-0.15, -0.1) is 0 Å². The van der Waals surface area contributed by atoms with E-state index >= 15 is 0 Å². The number of nitriles is 1. The van der Waals surface area contributed by atoms with Crippen LogP contribution in [0.5, 0.6) is 0 Å². The summed E-state index contributed by atoms with van der Waals surface area (Å²) in [5.74, 6) is 1.31. The SMILES string of the molecule is Cc1ccc(-c2nc(N(C)c3c(C4CC4)nn4c(C)cc(N5CC6(CN(C(=O)N7CC(O)C7)C6)C5)nc34)sc2C#N)cc1. The molecule has 0 atom stereocenters. The minimum absolute atomic E-state index is 0.0385. The molecule has 1 spiro atoms. The summed E-state index contributed by atoms with van der Waals surface area (Å²) in [6.45, 7) is 8.20. The highest BCUT2D eigenvalue weighted by Crippen LogP contribution is 2.48. The highest BCUT2D eigenvalue weighted by Gasteiger charge is 2.55. The van der Waals surface area contributed by atoms with E-state index in [-0.39, 0.29) is 17.6 Å².